The first kappa shape index (κ1) is 35.5. The zero-order valence-electron chi connectivity index (χ0n) is 26.3. The molecule has 0 spiro atoms. The van der Waals surface area contributed by atoms with Gasteiger partial charge in [-0.1, -0.05) is 65.0 Å². The highest BCUT2D eigenvalue weighted by Crippen LogP contribution is 2.41. The summed E-state index contributed by atoms with van der Waals surface area (Å²) in [6.45, 7) is 10.3. The predicted octanol–water partition coefficient (Wildman–Crippen LogP) is 3.69. The average molecular weight is 653 g/mol. The number of hydrogen-bond donors (Lipinski definition) is 2. The smallest absolute Gasteiger partial charge is 0.415 e. The molecule has 2 unspecified atom stereocenters. The van der Waals surface area contributed by atoms with Crippen LogP contribution in [0.1, 0.15) is 40.2 Å². The SMILES string of the molecule is CC(C)C(NC(=O)Cn1ccc2c(=O)n(CC(=O)OCc3ccccc3)c(=O)[nH]c2c1=O)C(O[Si](C)(C)C(C)(C)C)C(F)(F)F. The summed E-state index contributed by atoms with van der Waals surface area (Å²) in [5.74, 6) is -2.45. The number of esters is 1. The number of nitrogens with zero attached hydrogens (tertiary/aromatic N) is 2. The number of fused-ring (bicyclic) bond motifs is 1. The molecule has 2 aromatic heterocycles. The number of pyridine rings is 1. The Hall–Kier alpha value is -3.98. The van der Waals surface area contributed by atoms with Crippen LogP contribution in [-0.2, 0) is 38.4 Å². The van der Waals surface area contributed by atoms with Crippen molar-refractivity contribution < 1.29 is 31.9 Å². The third-order valence-electron chi connectivity index (χ3n) is 7.88. The molecule has 3 aromatic rings. The second kappa shape index (κ2) is 13.6. The van der Waals surface area contributed by atoms with E-state index in [9.17, 15) is 37.1 Å². The second-order valence-electron chi connectivity index (χ2n) is 12.7. The van der Waals surface area contributed by atoms with Crippen molar-refractivity contribution in [1.82, 2.24) is 19.4 Å². The van der Waals surface area contributed by atoms with E-state index < -0.39 is 84.9 Å². The zero-order chi connectivity index (χ0) is 33.9. The fraction of sp³-hybridized carbons (Fsp3) is 0.500. The molecule has 3 rings (SSSR count). The third-order valence-corrected chi connectivity index (χ3v) is 12.3. The van der Waals surface area contributed by atoms with Gasteiger partial charge in [-0.2, -0.15) is 13.2 Å². The van der Waals surface area contributed by atoms with Crippen molar-refractivity contribution in [2.45, 2.75) is 90.8 Å². The Morgan fingerprint density at radius 2 is 1.60 bits per heavy atom. The van der Waals surface area contributed by atoms with Crippen molar-refractivity contribution in [3.63, 3.8) is 0 Å². The van der Waals surface area contributed by atoms with E-state index in [0.29, 0.717) is 10.1 Å². The molecule has 0 radical (unpaired) electrons. The number of nitrogens with one attached hydrogen (secondary N) is 2. The molecule has 2 atom stereocenters. The van der Waals surface area contributed by atoms with Crippen LogP contribution in [0.4, 0.5) is 13.2 Å². The number of aromatic amines is 1. The maximum absolute atomic E-state index is 14.3. The molecule has 2 N–H and O–H groups in total. The standard InChI is InChI=1S/C30H39F3N4O7Si/c1-18(2)23(25(30(31,32)33)44-45(6,7)29(3,4)5)34-21(38)15-36-14-13-20-24(27(36)41)35-28(42)37(26(20)40)16-22(39)43-17-19-11-9-8-10-12-19/h8-14,18,23,25H,15-17H2,1-7H3,(H,34,38)(H,35,42). The second-order valence-corrected chi connectivity index (χ2v) is 17.4. The minimum Gasteiger partial charge on any atom is -0.459 e. The number of amides is 1. The van der Waals surface area contributed by atoms with Crippen molar-refractivity contribution in [1.29, 1.82) is 0 Å². The molecule has 0 aliphatic rings. The molecule has 0 aliphatic heterocycles. The highest BCUT2D eigenvalue weighted by molar-refractivity contribution is 6.74. The van der Waals surface area contributed by atoms with Crippen molar-refractivity contribution >= 4 is 31.1 Å². The molecule has 1 aromatic carbocycles. The summed E-state index contributed by atoms with van der Waals surface area (Å²) in [4.78, 5) is 66.4. The van der Waals surface area contributed by atoms with Crippen LogP contribution < -0.4 is 22.1 Å². The van der Waals surface area contributed by atoms with Crippen LogP contribution in [-0.4, -0.2) is 52.6 Å². The fourth-order valence-corrected chi connectivity index (χ4v) is 5.55. The minimum atomic E-state index is -4.79. The first-order valence-electron chi connectivity index (χ1n) is 14.3. The molecular weight excluding hydrogens is 613 g/mol. The first-order valence-corrected chi connectivity index (χ1v) is 17.2. The van der Waals surface area contributed by atoms with Gasteiger partial charge in [-0.3, -0.25) is 19.2 Å². The van der Waals surface area contributed by atoms with E-state index in [1.165, 1.54) is 19.9 Å². The molecule has 0 aliphatic carbocycles. The number of halogens is 3. The third kappa shape index (κ3) is 8.60. The van der Waals surface area contributed by atoms with Gasteiger partial charge in [0.2, 0.25) is 5.91 Å². The van der Waals surface area contributed by atoms with Crippen molar-refractivity contribution in [3.05, 3.63) is 79.4 Å². The van der Waals surface area contributed by atoms with Gasteiger partial charge in [-0.15, -0.1) is 0 Å². The zero-order valence-corrected chi connectivity index (χ0v) is 27.3. The highest BCUT2D eigenvalue weighted by Gasteiger charge is 2.52. The summed E-state index contributed by atoms with van der Waals surface area (Å²) >= 11 is 0. The molecule has 0 bridgehead atoms. The number of benzene rings is 1. The summed E-state index contributed by atoms with van der Waals surface area (Å²) < 4.78 is 55.1. The molecule has 0 saturated heterocycles. The minimum absolute atomic E-state index is 0.0729. The Kier molecular flexibility index (Phi) is 10.7. The quantitative estimate of drug-likeness (QED) is 0.238. The van der Waals surface area contributed by atoms with E-state index in [4.69, 9.17) is 9.16 Å². The molecule has 0 fully saturated rings. The normalized spacial score (nSPS) is 13.9. The topological polar surface area (TPSA) is 141 Å². The van der Waals surface area contributed by atoms with E-state index in [1.807, 2.05) is 0 Å². The maximum atomic E-state index is 14.3. The van der Waals surface area contributed by atoms with Crippen LogP contribution in [0, 0.1) is 5.92 Å². The monoisotopic (exact) mass is 652 g/mol. The lowest BCUT2D eigenvalue weighted by atomic mass is 9.98. The van der Waals surface area contributed by atoms with Crippen molar-refractivity contribution in [2.75, 3.05) is 0 Å². The number of rotatable bonds is 11. The van der Waals surface area contributed by atoms with E-state index in [-0.39, 0.29) is 12.0 Å². The Labute approximate surface area is 258 Å². The first-order chi connectivity index (χ1) is 20.7. The van der Waals surface area contributed by atoms with Gasteiger partial charge in [0.1, 0.15) is 25.2 Å². The number of H-pyrrole nitrogens is 1. The van der Waals surface area contributed by atoms with E-state index in [2.05, 4.69) is 10.3 Å². The number of aromatic nitrogens is 3. The van der Waals surface area contributed by atoms with E-state index in [1.54, 1.807) is 64.2 Å². The van der Waals surface area contributed by atoms with Gasteiger partial charge >= 0.3 is 17.8 Å². The number of alkyl halides is 3. The largest absolute Gasteiger partial charge is 0.459 e. The van der Waals surface area contributed by atoms with Gasteiger partial charge < -0.3 is 24.0 Å². The molecule has 45 heavy (non-hydrogen) atoms. The molecule has 0 saturated carbocycles. The van der Waals surface area contributed by atoms with Crippen molar-refractivity contribution in [2.24, 2.45) is 5.92 Å². The Balaban J connectivity index is 1.83. The number of hydrogen-bond acceptors (Lipinski definition) is 7. The van der Waals surface area contributed by atoms with Crippen LogP contribution in [0.3, 0.4) is 0 Å². The van der Waals surface area contributed by atoms with Gasteiger partial charge in [-0.25, -0.2) is 9.36 Å². The van der Waals surface area contributed by atoms with Crippen LogP contribution in [0.25, 0.3) is 10.9 Å². The number of carbonyl (C=O) groups is 2. The van der Waals surface area contributed by atoms with Gasteiger partial charge in [-0.05, 0) is 35.7 Å². The molecular formula is C30H39F3N4O7Si. The van der Waals surface area contributed by atoms with E-state index in [0.717, 1.165) is 10.8 Å². The lowest BCUT2D eigenvalue weighted by molar-refractivity contribution is -0.210. The van der Waals surface area contributed by atoms with Gasteiger partial charge in [0.15, 0.2) is 14.4 Å². The summed E-state index contributed by atoms with van der Waals surface area (Å²) in [5, 5.41) is 1.63. The fourth-order valence-electron chi connectivity index (χ4n) is 4.28. The summed E-state index contributed by atoms with van der Waals surface area (Å²) in [7, 11) is -2.92. The summed E-state index contributed by atoms with van der Waals surface area (Å²) in [6, 6.07) is 8.47. The molecule has 2 heterocycles. The molecule has 11 nitrogen and oxygen atoms in total. The Bertz CT molecular complexity index is 1710. The average Bonchev–Trinajstić information content (AvgIpc) is 2.93. The maximum Gasteiger partial charge on any atom is 0.415 e. The van der Waals surface area contributed by atoms with Gasteiger partial charge in [0, 0.05) is 6.20 Å². The lowest BCUT2D eigenvalue weighted by Gasteiger charge is -2.42. The molecule has 1 amide bonds. The summed E-state index contributed by atoms with van der Waals surface area (Å²) in [5.41, 5.74) is -2.65. The highest BCUT2D eigenvalue weighted by atomic mass is 28.4. The number of carbonyl (C=O) groups excluding carboxylic acids is 2. The lowest BCUT2D eigenvalue weighted by Crippen LogP contribution is -2.59. The molecule has 15 heteroatoms. The Morgan fingerprint density at radius 1 is 0.978 bits per heavy atom. The van der Waals surface area contributed by atoms with Crippen LogP contribution >= 0.6 is 0 Å². The molecule has 246 valence electrons. The number of ether oxygens (including phenoxy) is 1. The van der Waals surface area contributed by atoms with Crippen LogP contribution in [0.2, 0.25) is 18.1 Å². The van der Waals surface area contributed by atoms with E-state index >= 15 is 0 Å². The Morgan fingerprint density at radius 3 is 2.16 bits per heavy atom. The van der Waals surface area contributed by atoms with Crippen LogP contribution in [0.5, 0.6) is 0 Å². The van der Waals surface area contributed by atoms with Crippen molar-refractivity contribution in [3.8, 4) is 0 Å². The summed E-state index contributed by atoms with van der Waals surface area (Å²) in [6.07, 6.45) is -5.96. The van der Waals surface area contributed by atoms with Gasteiger partial charge in [0.05, 0.1) is 11.4 Å². The predicted molar refractivity (Wildman–Crippen MR) is 164 cm³/mol. The van der Waals surface area contributed by atoms with Crippen LogP contribution in [0.15, 0.2) is 57.0 Å². The van der Waals surface area contributed by atoms with Gasteiger partial charge in [0.25, 0.3) is 11.1 Å².